The van der Waals surface area contributed by atoms with E-state index in [0.29, 0.717) is 19.8 Å². The average Bonchev–Trinajstić information content (AvgIpc) is 2.92. The normalized spacial score (nSPS) is 11.9. The van der Waals surface area contributed by atoms with Gasteiger partial charge in [0.05, 0.1) is 19.8 Å². The molecule has 0 radical (unpaired) electrons. The Labute approximate surface area is 226 Å². The van der Waals surface area contributed by atoms with Crippen molar-refractivity contribution in [3.05, 3.63) is 35.9 Å². The first kappa shape index (κ1) is 33.4. The summed E-state index contributed by atoms with van der Waals surface area (Å²) in [6, 6.07) is 9.92. The van der Waals surface area contributed by atoms with Crippen molar-refractivity contribution in [2.24, 2.45) is 0 Å². The molecule has 1 atom stereocenters. The van der Waals surface area contributed by atoms with E-state index in [-0.39, 0.29) is 25.9 Å². The zero-order valence-corrected chi connectivity index (χ0v) is 23.6. The first-order valence-electron chi connectivity index (χ1n) is 15.0. The van der Waals surface area contributed by atoms with Crippen LogP contribution in [0.5, 0.6) is 0 Å². The summed E-state index contributed by atoms with van der Waals surface area (Å²) < 4.78 is 17.0. The van der Waals surface area contributed by atoms with Crippen LogP contribution in [-0.2, 0) is 20.8 Å². The Morgan fingerprint density at radius 3 is 1.86 bits per heavy atom. The minimum absolute atomic E-state index is 0.114. The Kier molecular flexibility index (Phi) is 23.5. The molecule has 0 heterocycles. The Balaban J connectivity index is 2.00. The van der Waals surface area contributed by atoms with Crippen LogP contribution in [-0.4, -0.2) is 50.3 Å². The van der Waals surface area contributed by atoms with Gasteiger partial charge in [-0.25, -0.2) is 4.79 Å². The molecule has 0 fully saturated rings. The second kappa shape index (κ2) is 26.0. The fourth-order valence-corrected chi connectivity index (χ4v) is 4.28. The van der Waals surface area contributed by atoms with Crippen molar-refractivity contribution < 1.29 is 24.1 Å². The fourth-order valence-electron chi connectivity index (χ4n) is 4.28. The van der Waals surface area contributed by atoms with E-state index < -0.39 is 6.09 Å². The van der Waals surface area contributed by atoms with E-state index in [2.05, 4.69) is 12.2 Å². The molecule has 0 bridgehead atoms. The maximum atomic E-state index is 11.7. The third-order valence-electron chi connectivity index (χ3n) is 6.56. The van der Waals surface area contributed by atoms with Gasteiger partial charge in [0, 0.05) is 13.2 Å². The monoisotopic (exact) mass is 521 g/mol. The molecule has 6 nitrogen and oxygen atoms in total. The molecule has 0 saturated heterocycles. The predicted octanol–water partition coefficient (Wildman–Crippen LogP) is 7.57. The van der Waals surface area contributed by atoms with Crippen LogP contribution in [0.2, 0.25) is 0 Å². The van der Waals surface area contributed by atoms with Gasteiger partial charge in [0.2, 0.25) is 0 Å². The van der Waals surface area contributed by atoms with Crippen molar-refractivity contribution in [3.63, 3.8) is 0 Å². The van der Waals surface area contributed by atoms with Gasteiger partial charge < -0.3 is 24.6 Å². The van der Waals surface area contributed by atoms with E-state index >= 15 is 0 Å². The number of carbonyl (C=O) groups is 1. The maximum absolute atomic E-state index is 11.7. The number of alkyl carbamates (subject to hydrolysis) is 1. The quantitative estimate of drug-likeness (QED) is 0.123. The highest BCUT2D eigenvalue weighted by Gasteiger charge is 2.13. The molecule has 1 rings (SSSR count). The van der Waals surface area contributed by atoms with Gasteiger partial charge in [-0.15, -0.1) is 0 Å². The van der Waals surface area contributed by atoms with Gasteiger partial charge in [0.1, 0.15) is 12.7 Å². The molecule has 0 spiro atoms. The molecule has 1 unspecified atom stereocenters. The zero-order valence-electron chi connectivity index (χ0n) is 23.6. The summed E-state index contributed by atoms with van der Waals surface area (Å²) in [5.74, 6) is 0. The number of aliphatic hydroxyl groups excluding tert-OH is 1. The van der Waals surface area contributed by atoms with Crippen LogP contribution in [0.4, 0.5) is 4.79 Å². The molecule has 214 valence electrons. The maximum Gasteiger partial charge on any atom is 0.407 e. The highest BCUT2D eigenvalue weighted by Crippen LogP contribution is 2.14. The number of hydrogen-bond acceptors (Lipinski definition) is 5. The number of benzene rings is 1. The molecule has 1 aromatic carbocycles. The molecule has 2 N–H and O–H groups in total. The van der Waals surface area contributed by atoms with E-state index in [1.807, 2.05) is 30.3 Å². The zero-order chi connectivity index (χ0) is 26.7. The van der Waals surface area contributed by atoms with Crippen LogP contribution in [0.3, 0.4) is 0 Å². The summed E-state index contributed by atoms with van der Waals surface area (Å²) in [5, 5.41) is 11.3. The van der Waals surface area contributed by atoms with Crippen molar-refractivity contribution in [3.8, 4) is 0 Å². The Hall–Kier alpha value is -1.63. The molecule has 0 aliphatic rings. The van der Waals surface area contributed by atoms with Gasteiger partial charge in [-0.1, -0.05) is 134 Å². The van der Waals surface area contributed by atoms with Crippen LogP contribution in [0, 0.1) is 0 Å². The number of ether oxygens (including phenoxy) is 3. The molecule has 6 heteroatoms. The van der Waals surface area contributed by atoms with Crippen molar-refractivity contribution in [1.82, 2.24) is 5.32 Å². The lowest BCUT2D eigenvalue weighted by molar-refractivity contribution is -0.0530. The predicted molar refractivity (Wildman–Crippen MR) is 152 cm³/mol. The number of amides is 1. The second-order valence-corrected chi connectivity index (χ2v) is 10.0. The Morgan fingerprint density at radius 1 is 0.784 bits per heavy atom. The molecule has 1 aromatic rings. The van der Waals surface area contributed by atoms with Gasteiger partial charge in [-0.3, -0.25) is 0 Å². The fraction of sp³-hybridized carbons (Fsp3) is 0.774. The van der Waals surface area contributed by atoms with Gasteiger partial charge in [0.25, 0.3) is 0 Å². The van der Waals surface area contributed by atoms with Crippen molar-refractivity contribution in [1.29, 1.82) is 0 Å². The molecule has 0 saturated carbocycles. The van der Waals surface area contributed by atoms with E-state index in [9.17, 15) is 4.79 Å². The third kappa shape index (κ3) is 22.1. The smallest absolute Gasteiger partial charge is 0.407 e. The second-order valence-electron chi connectivity index (χ2n) is 10.0. The van der Waals surface area contributed by atoms with Crippen LogP contribution < -0.4 is 5.32 Å². The van der Waals surface area contributed by atoms with Gasteiger partial charge >= 0.3 is 6.09 Å². The lowest BCUT2D eigenvalue weighted by Crippen LogP contribution is -2.32. The van der Waals surface area contributed by atoms with Crippen LogP contribution in [0.1, 0.15) is 115 Å². The van der Waals surface area contributed by atoms with E-state index in [4.69, 9.17) is 19.3 Å². The van der Waals surface area contributed by atoms with Crippen molar-refractivity contribution in [2.75, 3.05) is 33.0 Å². The molecular weight excluding hydrogens is 466 g/mol. The van der Waals surface area contributed by atoms with Crippen molar-refractivity contribution in [2.45, 2.75) is 122 Å². The summed E-state index contributed by atoms with van der Waals surface area (Å²) in [7, 11) is 0. The van der Waals surface area contributed by atoms with Crippen LogP contribution >= 0.6 is 0 Å². The molecule has 0 aromatic heterocycles. The number of carbonyl (C=O) groups excluding carboxylic acids is 1. The highest BCUT2D eigenvalue weighted by molar-refractivity contribution is 5.67. The van der Waals surface area contributed by atoms with E-state index in [1.165, 1.54) is 96.3 Å². The minimum Gasteiger partial charge on any atom is -0.447 e. The van der Waals surface area contributed by atoms with E-state index in [0.717, 1.165) is 12.0 Å². The SMILES string of the molecule is CCCCCCCCCCCCCCCCCCOCC(COC(=O)NCCO)OCc1ccccc1. The molecule has 37 heavy (non-hydrogen) atoms. The molecule has 1 amide bonds. The average molecular weight is 522 g/mol. The summed E-state index contributed by atoms with van der Waals surface area (Å²) in [6.07, 6.45) is 20.7. The lowest BCUT2D eigenvalue weighted by Gasteiger charge is -2.18. The first-order chi connectivity index (χ1) is 18.3. The Morgan fingerprint density at radius 2 is 1.32 bits per heavy atom. The molecular formula is C31H55NO5. The summed E-state index contributed by atoms with van der Waals surface area (Å²) in [5.41, 5.74) is 1.06. The van der Waals surface area contributed by atoms with Crippen molar-refractivity contribution >= 4 is 6.09 Å². The highest BCUT2D eigenvalue weighted by atomic mass is 16.6. The minimum atomic E-state index is -0.555. The molecule has 0 aliphatic carbocycles. The summed E-state index contributed by atoms with van der Waals surface area (Å²) in [6.45, 7) is 3.97. The van der Waals surface area contributed by atoms with Gasteiger partial charge in [-0.05, 0) is 12.0 Å². The third-order valence-corrected chi connectivity index (χ3v) is 6.56. The van der Waals surface area contributed by atoms with Crippen LogP contribution in [0.25, 0.3) is 0 Å². The largest absolute Gasteiger partial charge is 0.447 e. The molecule has 0 aliphatic heterocycles. The number of nitrogens with one attached hydrogen (secondary N) is 1. The van der Waals surface area contributed by atoms with Gasteiger partial charge in [-0.2, -0.15) is 0 Å². The number of rotatable bonds is 26. The topological polar surface area (TPSA) is 77.0 Å². The van der Waals surface area contributed by atoms with Gasteiger partial charge in [0.15, 0.2) is 0 Å². The summed E-state index contributed by atoms with van der Waals surface area (Å²) >= 11 is 0. The summed E-state index contributed by atoms with van der Waals surface area (Å²) in [4.78, 5) is 11.7. The lowest BCUT2D eigenvalue weighted by atomic mass is 10.0. The Bertz CT molecular complexity index is 613. The number of aliphatic hydroxyl groups is 1. The van der Waals surface area contributed by atoms with Crippen LogP contribution in [0.15, 0.2) is 30.3 Å². The first-order valence-corrected chi connectivity index (χ1v) is 15.0. The number of hydrogen-bond donors (Lipinski definition) is 2. The van der Waals surface area contributed by atoms with E-state index in [1.54, 1.807) is 0 Å². The number of unbranched alkanes of at least 4 members (excludes halogenated alkanes) is 15. The standard InChI is InChI=1S/C31H55NO5/c1-2-3-4-5-6-7-8-9-10-11-12-13-14-15-16-20-25-35-27-30(28-37-31(34)32-23-24-33)36-26-29-21-18-17-19-22-29/h17-19,21-22,30,33H,2-16,20,23-28H2,1H3,(H,32,34).